The highest BCUT2D eigenvalue weighted by atomic mass is 32.1. The zero-order chi connectivity index (χ0) is 11.5. The van der Waals surface area contributed by atoms with E-state index < -0.39 is 0 Å². The van der Waals surface area contributed by atoms with Crippen LogP contribution in [0.25, 0.3) is 0 Å². The van der Waals surface area contributed by atoms with E-state index in [0.29, 0.717) is 17.5 Å². The van der Waals surface area contributed by atoms with E-state index in [2.05, 4.69) is 15.0 Å². The summed E-state index contributed by atoms with van der Waals surface area (Å²) in [7, 11) is 0. The number of carbonyl (C=O) groups is 1. The molecular formula is C11H11N3OS. The summed E-state index contributed by atoms with van der Waals surface area (Å²) < 4.78 is 0. The van der Waals surface area contributed by atoms with Gasteiger partial charge in [-0.25, -0.2) is 15.0 Å². The standard InChI is InChI=1S/C11H11N3OS/c1-7-12-8(2)14-11(13-7)6-9(15)10-4-3-5-16-10/h3-5H,6H2,1-2H3. The Labute approximate surface area is 97.4 Å². The van der Waals surface area contributed by atoms with Gasteiger partial charge in [0.15, 0.2) is 5.78 Å². The van der Waals surface area contributed by atoms with Gasteiger partial charge in [-0.1, -0.05) is 6.07 Å². The molecule has 16 heavy (non-hydrogen) atoms. The highest BCUT2D eigenvalue weighted by Gasteiger charge is 2.10. The molecule has 2 heterocycles. The topological polar surface area (TPSA) is 55.7 Å². The third kappa shape index (κ3) is 2.49. The minimum atomic E-state index is 0.0556. The Morgan fingerprint density at radius 1 is 1.25 bits per heavy atom. The maximum absolute atomic E-state index is 11.8. The van der Waals surface area contributed by atoms with Crippen molar-refractivity contribution in [2.45, 2.75) is 20.3 Å². The molecule has 0 aromatic carbocycles. The SMILES string of the molecule is Cc1nc(C)nc(CC(=O)c2cccs2)n1. The second-order valence-electron chi connectivity index (χ2n) is 3.42. The lowest BCUT2D eigenvalue weighted by atomic mass is 10.2. The summed E-state index contributed by atoms with van der Waals surface area (Å²) in [5.74, 6) is 1.91. The van der Waals surface area contributed by atoms with E-state index >= 15 is 0 Å². The number of hydrogen-bond donors (Lipinski definition) is 0. The molecule has 0 aliphatic rings. The Kier molecular flexibility index (Phi) is 3.05. The van der Waals surface area contributed by atoms with Crippen molar-refractivity contribution >= 4 is 17.1 Å². The fourth-order valence-electron chi connectivity index (χ4n) is 1.43. The number of Topliss-reactive ketones (excluding diaryl/α,β-unsaturated/α-hetero) is 1. The molecule has 0 fully saturated rings. The summed E-state index contributed by atoms with van der Waals surface area (Å²) in [6, 6.07) is 3.68. The molecule has 0 bridgehead atoms. The molecule has 0 N–H and O–H groups in total. The van der Waals surface area contributed by atoms with Crippen LogP contribution in [0.5, 0.6) is 0 Å². The van der Waals surface area contributed by atoms with Crippen molar-refractivity contribution < 1.29 is 4.79 Å². The van der Waals surface area contributed by atoms with Crippen molar-refractivity contribution in [2.24, 2.45) is 0 Å². The van der Waals surface area contributed by atoms with Gasteiger partial charge in [0.2, 0.25) is 0 Å². The predicted molar refractivity (Wildman–Crippen MR) is 61.7 cm³/mol. The number of ketones is 1. The molecule has 0 saturated heterocycles. The Morgan fingerprint density at radius 2 is 1.94 bits per heavy atom. The molecule has 0 unspecified atom stereocenters. The number of aryl methyl sites for hydroxylation is 2. The number of aromatic nitrogens is 3. The zero-order valence-electron chi connectivity index (χ0n) is 9.10. The van der Waals surface area contributed by atoms with Crippen LogP contribution in [-0.4, -0.2) is 20.7 Å². The van der Waals surface area contributed by atoms with Crippen LogP contribution in [0, 0.1) is 13.8 Å². The van der Waals surface area contributed by atoms with E-state index in [4.69, 9.17) is 0 Å². The average Bonchev–Trinajstić information content (AvgIpc) is 2.68. The number of thiophene rings is 1. The van der Waals surface area contributed by atoms with Gasteiger partial charge in [0.05, 0.1) is 11.3 Å². The van der Waals surface area contributed by atoms with Crippen LogP contribution in [-0.2, 0) is 6.42 Å². The lowest BCUT2D eigenvalue weighted by Gasteiger charge is -2.00. The number of nitrogens with zero attached hydrogens (tertiary/aromatic N) is 3. The maximum atomic E-state index is 11.8. The molecule has 4 nitrogen and oxygen atoms in total. The van der Waals surface area contributed by atoms with Crippen molar-refractivity contribution in [3.63, 3.8) is 0 Å². The van der Waals surface area contributed by atoms with E-state index in [1.807, 2.05) is 17.5 Å². The Balaban J connectivity index is 2.18. The summed E-state index contributed by atoms with van der Waals surface area (Å²) in [6.45, 7) is 3.60. The predicted octanol–water partition coefficient (Wildman–Crippen LogP) is 1.98. The first kappa shape index (κ1) is 10.9. The van der Waals surface area contributed by atoms with Gasteiger partial charge < -0.3 is 0 Å². The number of hydrogen-bond acceptors (Lipinski definition) is 5. The van der Waals surface area contributed by atoms with E-state index in [1.165, 1.54) is 11.3 Å². The first-order valence-electron chi connectivity index (χ1n) is 4.90. The molecule has 0 amide bonds. The van der Waals surface area contributed by atoms with Gasteiger partial charge in [-0.2, -0.15) is 0 Å². The molecule has 2 rings (SSSR count). The highest BCUT2D eigenvalue weighted by molar-refractivity contribution is 7.12. The van der Waals surface area contributed by atoms with Crippen molar-refractivity contribution in [1.29, 1.82) is 0 Å². The van der Waals surface area contributed by atoms with E-state index in [0.717, 1.165) is 4.88 Å². The van der Waals surface area contributed by atoms with Crippen molar-refractivity contribution in [1.82, 2.24) is 15.0 Å². The minimum absolute atomic E-state index is 0.0556. The summed E-state index contributed by atoms with van der Waals surface area (Å²) in [4.78, 5) is 24.9. The molecule has 0 spiro atoms. The second kappa shape index (κ2) is 4.49. The monoisotopic (exact) mass is 233 g/mol. The first-order chi connectivity index (χ1) is 7.65. The van der Waals surface area contributed by atoms with Gasteiger partial charge in [-0.3, -0.25) is 4.79 Å². The van der Waals surface area contributed by atoms with Crippen molar-refractivity contribution in [3.8, 4) is 0 Å². The van der Waals surface area contributed by atoms with Gasteiger partial charge in [-0.15, -0.1) is 11.3 Å². The molecule has 0 radical (unpaired) electrons. The molecular weight excluding hydrogens is 222 g/mol. The molecule has 0 aliphatic heterocycles. The number of carbonyl (C=O) groups excluding carboxylic acids is 1. The molecule has 2 aromatic rings. The Hall–Kier alpha value is -1.62. The van der Waals surface area contributed by atoms with E-state index in [9.17, 15) is 4.79 Å². The van der Waals surface area contributed by atoms with Gasteiger partial charge in [0, 0.05) is 0 Å². The highest BCUT2D eigenvalue weighted by Crippen LogP contribution is 2.11. The molecule has 0 saturated carbocycles. The van der Waals surface area contributed by atoms with Crippen LogP contribution in [0.1, 0.15) is 27.1 Å². The smallest absolute Gasteiger partial charge is 0.180 e. The van der Waals surface area contributed by atoms with Crippen LogP contribution >= 0.6 is 11.3 Å². The van der Waals surface area contributed by atoms with Crippen LogP contribution in [0.4, 0.5) is 0 Å². The lowest BCUT2D eigenvalue weighted by molar-refractivity contribution is 0.0994. The van der Waals surface area contributed by atoms with Crippen molar-refractivity contribution in [2.75, 3.05) is 0 Å². The number of rotatable bonds is 3. The molecule has 5 heteroatoms. The second-order valence-corrected chi connectivity index (χ2v) is 4.37. The largest absolute Gasteiger partial charge is 0.293 e. The fraction of sp³-hybridized carbons (Fsp3) is 0.273. The summed E-state index contributed by atoms with van der Waals surface area (Å²) in [5, 5.41) is 1.89. The lowest BCUT2D eigenvalue weighted by Crippen LogP contribution is -2.08. The Bertz CT molecular complexity index is 488. The minimum Gasteiger partial charge on any atom is -0.293 e. The average molecular weight is 233 g/mol. The summed E-state index contributed by atoms with van der Waals surface area (Å²) >= 11 is 1.44. The van der Waals surface area contributed by atoms with Gasteiger partial charge in [0.1, 0.15) is 17.5 Å². The molecule has 82 valence electrons. The summed E-state index contributed by atoms with van der Waals surface area (Å²) in [5.41, 5.74) is 0. The van der Waals surface area contributed by atoms with E-state index in [1.54, 1.807) is 13.8 Å². The normalized spacial score (nSPS) is 10.4. The van der Waals surface area contributed by atoms with Gasteiger partial charge in [-0.05, 0) is 25.3 Å². The van der Waals surface area contributed by atoms with Crippen LogP contribution < -0.4 is 0 Å². The van der Waals surface area contributed by atoms with Gasteiger partial charge >= 0.3 is 0 Å². The Morgan fingerprint density at radius 3 is 2.50 bits per heavy atom. The van der Waals surface area contributed by atoms with Crippen LogP contribution in [0.2, 0.25) is 0 Å². The van der Waals surface area contributed by atoms with Crippen LogP contribution in [0.3, 0.4) is 0 Å². The quantitative estimate of drug-likeness (QED) is 0.761. The third-order valence-corrected chi connectivity index (χ3v) is 2.93. The van der Waals surface area contributed by atoms with Gasteiger partial charge in [0.25, 0.3) is 0 Å². The van der Waals surface area contributed by atoms with Crippen LogP contribution in [0.15, 0.2) is 17.5 Å². The molecule has 0 atom stereocenters. The third-order valence-electron chi connectivity index (χ3n) is 2.02. The van der Waals surface area contributed by atoms with Crippen molar-refractivity contribution in [3.05, 3.63) is 39.9 Å². The maximum Gasteiger partial charge on any atom is 0.180 e. The van der Waals surface area contributed by atoms with E-state index in [-0.39, 0.29) is 12.2 Å². The molecule has 0 aliphatic carbocycles. The summed E-state index contributed by atoms with van der Waals surface area (Å²) in [6.07, 6.45) is 0.241. The first-order valence-corrected chi connectivity index (χ1v) is 5.78. The zero-order valence-corrected chi connectivity index (χ0v) is 9.91. The fourth-order valence-corrected chi connectivity index (χ4v) is 2.09. The molecule has 2 aromatic heterocycles.